The first-order valence-electron chi connectivity index (χ1n) is 16.2. The minimum atomic E-state index is -1.02. The Balaban J connectivity index is 0.000000531. The smallest absolute Gasteiger partial charge is 0.870 e. The maximum absolute atomic E-state index is 12.6. The predicted molar refractivity (Wildman–Crippen MR) is 206 cm³/mol. The predicted octanol–water partition coefficient (Wildman–Crippen LogP) is 5.71. The molecule has 0 radical (unpaired) electrons. The van der Waals surface area contributed by atoms with E-state index >= 15 is 0 Å². The Hall–Kier alpha value is -4.90. The van der Waals surface area contributed by atoms with Gasteiger partial charge in [0.15, 0.2) is 23.0 Å². The first-order valence-corrected chi connectivity index (χ1v) is 17.0. The van der Waals surface area contributed by atoms with Crippen LogP contribution in [0, 0.1) is 13.8 Å². The van der Waals surface area contributed by atoms with Crippen molar-refractivity contribution < 1.29 is 72.3 Å². The summed E-state index contributed by atoms with van der Waals surface area (Å²) in [5.74, 6) is -0.705. The number of carbonyl (C=O) groups is 4. The van der Waals surface area contributed by atoms with Gasteiger partial charge in [-0.2, -0.15) is 0 Å². The molecule has 4 N–H and O–H groups in total. The summed E-state index contributed by atoms with van der Waals surface area (Å²) in [4.78, 5) is 47.9. The van der Waals surface area contributed by atoms with Crippen molar-refractivity contribution in [1.82, 2.24) is 0 Å². The van der Waals surface area contributed by atoms with Crippen LogP contribution in [0.25, 0.3) is 0 Å². The van der Waals surface area contributed by atoms with Gasteiger partial charge < -0.3 is 44.9 Å². The summed E-state index contributed by atoms with van der Waals surface area (Å²) in [7, 11) is 4.28. The van der Waals surface area contributed by atoms with Gasteiger partial charge in [-0.15, -0.1) is 0 Å². The second kappa shape index (κ2) is 21.9. The normalized spacial score (nSPS) is 10.1. The van der Waals surface area contributed by atoms with Gasteiger partial charge in [-0.3, -0.25) is 9.59 Å². The van der Waals surface area contributed by atoms with Crippen LogP contribution < -0.4 is 48.4 Å². The van der Waals surface area contributed by atoms with E-state index in [1.54, 1.807) is 50.2 Å². The van der Waals surface area contributed by atoms with Crippen LogP contribution in [0.1, 0.15) is 80.3 Å². The van der Waals surface area contributed by atoms with Crippen LogP contribution in [0.5, 0.6) is 23.0 Å². The first-order chi connectivity index (χ1) is 25.0. The van der Waals surface area contributed by atoms with E-state index in [1.807, 2.05) is 27.7 Å². The molecule has 4 aromatic rings. The molecule has 0 saturated carbocycles. The van der Waals surface area contributed by atoms with Gasteiger partial charge in [-0.25, -0.2) is 9.59 Å². The number of carboxylic acid groups (broad SMARTS) is 1. The van der Waals surface area contributed by atoms with Crippen LogP contribution in [-0.4, -0.2) is 67.9 Å². The van der Waals surface area contributed by atoms with Crippen LogP contribution in [0.3, 0.4) is 0 Å². The number of carboxylic acids is 1. The van der Waals surface area contributed by atoms with Crippen LogP contribution in [0.15, 0.2) is 60.7 Å². The molecule has 0 aliphatic heterocycles. The van der Waals surface area contributed by atoms with E-state index < -0.39 is 17.8 Å². The third-order valence-electron chi connectivity index (χ3n) is 7.28. The number of rotatable bonds is 12. The van der Waals surface area contributed by atoms with E-state index in [4.69, 9.17) is 52.0 Å². The zero-order valence-corrected chi connectivity index (χ0v) is 33.8. The summed E-state index contributed by atoms with van der Waals surface area (Å²) in [6.45, 7) is 10.9. The quantitative estimate of drug-likeness (QED) is 0.118. The fourth-order valence-corrected chi connectivity index (χ4v) is 5.52. The number of halogens is 2. The molecule has 0 aliphatic carbocycles. The molecule has 4 rings (SSSR count). The van der Waals surface area contributed by atoms with Gasteiger partial charge in [-0.05, 0) is 113 Å². The second-order valence-corrected chi connectivity index (χ2v) is 12.9. The monoisotopic (exact) mass is 792 g/mol. The molecule has 2 amide bonds. The fraction of sp³-hybridized carbons (Fsp3) is 0.282. The Kier molecular flexibility index (Phi) is 19.1. The van der Waals surface area contributed by atoms with Crippen LogP contribution in [-0.2, 0) is 4.74 Å². The number of hydrogen-bond donors (Lipinski definition) is 3. The average molecular weight is 794 g/mol. The van der Waals surface area contributed by atoms with Crippen molar-refractivity contribution >= 4 is 58.3 Å². The molecule has 16 heteroatoms. The standard InChI is InChI=1S/C20H22ClNO5.C19H20ClNO5.Li.H2O/c1-11(2)27-17-10-13(9-16(21)18(17)25-4)19(23)22-14-6-7-15(12(3)8-14)20(24)26-5;1-10(2)26-16-9-12(8-15(20)17(16)25-4)18(22)21-13-5-6-14(19(23)24)11(3)7-13;;/h6-11H,1-5H3,(H,22,23);5-10H,1-4H3,(H,21,22)(H,23,24);;1H2/q;;+1;/p-1. The number of ether oxygens (including phenoxy) is 5. The third kappa shape index (κ3) is 13.1. The SMILES string of the molecule is COC(=O)c1ccc(NC(=O)c2cc(Cl)c(OC)c(OC(C)C)c2)cc1C.COc1c(Cl)cc(C(=O)Nc2ccc(C(=O)O)c(C)c2)cc1OC(C)C.[Li+].[OH-]. The van der Waals surface area contributed by atoms with Gasteiger partial charge in [0.2, 0.25) is 0 Å². The number of aryl methyl sites for hydroxylation is 2. The zero-order chi connectivity index (χ0) is 39.6. The molecule has 0 fully saturated rings. The van der Waals surface area contributed by atoms with Crippen molar-refractivity contribution in [2.75, 3.05) is 32.0 Å². The van der Waals surface area contributed by atoms with Crippen molar-refractivity contribution in [3.63, 3.8) is 0 Å². The van der Waals surface area contributed by atoms with Crippen LogP contribution in [0.2, 0.25) is 10.0 Å². The van der Waals surface area contributed by atoms with Crippen molar-refractivity contribution in [3.8, 4) is 23.0 Å². The Morgan fingerprint density at radius 2 is 1.02 bits per heavy atom. The number of hydrogen-bond acceptors (Lipinski definition) is 10. The average Bonchev–Trinajstić information content (AvgIpc) is 3.07. The molecule has 0 aromatic heterocycles. The van der Waals surface area contributed by atoms with Crippen LogP contribution in [0.4, 0.5) is 11.4 Å². The minimum absolute atomic E-state index is 0. The second-order valence-electron chi connectivity index (χ2n) is 12.1. The topological polar surface area (TPSA) is 189 Å². The number of aromatic carboxylic acids is 1. The van der Waals surface area contributed by atoms with Gasteiger partial charge in [0.25, 0.3) is 11.8 Å². The van der Waals surface area contributed by atoms with Crippen molar-refractivity contribution in [2.45, 2.75) is 53.8 Å². The molecule has 0 saturated heterocycles. The van der Waals surface area contributed by atoms with Crippen molar-refractivity contribution in [1.29, 1.82) is 0 Å². The molecule has 0 spiro atoms. The van der Waals surface area contributed by atoms with E-state index in [0.29, 0.717) is 62.2 Å². The summed E-state index contributed by atoms with van der Waals surface area (Å²) in [6, 6.07) is 15.6. The Morgan fingerprint density at radius 1 is 0.636 bits per heavy atom. The molecular formula is C39H43Cl2LiN2O11. The molecule has 0 aliphatic rings. The number of anilines is 2. The summed E-state index contributed by atoms with van der Waals surface area (Å²) in [6.07, 6.45) is -0.230. The molecule has 0 atom stereocenters. The molecule has 4 aromatic carbocycles. The van der Waals surface area contributed by atoms with E-state index in [1.165, 1.54) is 45.6 Å². The summed E-state index contributed by atoms with van der Waals surface area (Å²) in [5.41, 5.74) is 3.51. The van der Waals surface area contributed by atoms with Crippen LogP contribution >= 0.6 is 23.2 Å². The number of carbonyl (C=O) groups excluding carboxylic acids is 3. The number of benzene rings is 4. The largest absolute Gasteiger partial charge is 1.00 e. The molecule has 0 bridgehead atoms. The van der Waals surface area contributed by atoms with E-state index in [0.717, 1.165) is 0 Å². The van der Waals surface area contributed by atoms with E-state index in [2.05, 4.69) is 10.6 Å². The number of amides is 2. The molecule has 0 heterocycles. The van der Waals surface area contributed by atoms with Gasteiger partial charge in [0.05, 0.1) is 54.7 Å². The summed E-state index contributed by atoms with van der Waals surface area (Å²) < 4.78 is 26.6. The molecule has 55 heavy (non-hydrogen) atoms. The molecular weight excluding hydrogens is 750 g/mol. The number of esters is 1. The molecule has 13 nitrogen and oxygen atoms in total. The Bertz CT molecular complexity index is 2010. The number of nitrogens with one attached hydrogen (secondary N) is 2. The minimum Gasteiger partial charge on any atom is -0.870 e. The third-order valence-corrected chi connectivity index (χ3v) is 7.84. The van der Waals surface area contributed by atoms with Gasteiger partial charge in [0.1, 0.15) is 0 Å². The molecule has 0 unspecified atom stereocenters. The number of methoxy groups -OCH3 is 3. The molecule has 290 valence electrons. The van der Waals surface area contributed by atoms with E-state index in [-0.39, 0.29) is 58.1 Å². The summed E-state index contributed by atoms with van der Waals surface area (Å²) in [5, 5.41) is 15.1. The van der Waals surface area contributed by atoms with Gasteiger partial charge >= 0.3 is 30.8 Å². The fourth-order valence-electron chi connectivity index (χ4n) is 4.95. The van der Waals surface area contributed by atoms with Gasteiger partial charge in [-0.1, -0.05) is 23.2 Å². The first kappa shape index (κ1) is 48.1. The zero-order valence-electron chi connectivity index (χ0n) is 32.3. The Labute approximate surface area is 342 Å². The van der Waals surface area contributed by atoms with Crippen molar-refractivity contribution in [2.24, 2.45) is 0 Å². The summed E-state index contributed by atoms with van der Waals surface area (Å²) >= 11 is 12.4. The van der Waals surface area contributed by atoms with E-state index in [9.17, 15) is 19.2 Å². The van der Waals surface area contributed by atoms with Gasteiger partial charge in [0, 0.05) is 22.5 Å². The Morgan fingerprint density at radius 3 is 1.33 bits per heavy atom. The maximum atomic E-state index is 12.6. The maximum Gasteiger partial charge on any atom is 1.00 e. The van der Waals surface area contributed by atoms with Crippen molar-refractivity contribution in [3.05, 3.63) is 104 Å².